The fourth-order valence-corrected chi connectivity index (χ4v) is 3.05. The molecule has 0 radical (unpaired) electrons. The van der Waals surface area contributed by atoms with Crippen molar-refractivity contribution in [3.8, 4) is 0 Å². The van der Waals surface area contributed by atoms with E-state index >= 15 is 0 Å². The van der Waals surface area contributed by atoms with Gasteiger partial charge in [-0.2, -0.15) is 13.2 Å². The van der Waals surface area contributed by atoms with E-state index in [-0.39, 0.29) is 25.0 Å². The molecular formula is C11H15ClF4N2O2S. The lowest BCUT2D eigenvalue weighted by molar-refractivity contribution is -0.140. The molecule has 0 spiro atoms. The molecule has 21 heavy (non-hydrogen) atoms. The maximum atomic E-state index is 12.9. The molecule has 0 aliphatic carbocycles. The zero-order valence-electron chi connectivity index (χ0n) is 11.2. The van der Waals surface area contributed by atoms with Crippen LogP contribution in [0.4, 0.5) is 17.6 Å². The number of sulfonamides is 1. The van der Waals surface area contributed by atoms with Gasteiger partial charge in [0.15, 0.2) is 0 Å². The predicted molar refractivity (Wildman–Crippen MR) is 72.1 cm³/mol. The van der Waals surface area contributed by atoms with Crippen LogP contribution in [0.5, 0.6) is 0 Å². The van der Waals surface area contributed by atoms with Crippen molar-refractivity contribution < 1.29 is 26.0 Å². The summed E-state index contributed by atoms with van der Waals surface area (Å²) >= 11 is 0. The minimum absolute atomic E-state index is 0. The van der Waals surface area contributed by atoms with Crippen LogP contribution in [0.15, 0.2) is 23.1 Å². The molecule has 0 amide bonds. The number of halogens is 5. The molecular weight excluding hydrogens is 336 g/mol. The maximum Gasteiger partial charge on any atom is 0.417 e. The average Bonchev–Trinajstić information content (AvgIpc) is 2.26. The highest BCUT2D eigenvalue weighted by molar-refractivity contribution is 7.89. The SMILES string of the molecule is CC(C)(CN)NS(=O)(=O)c1ccc(F)cc1C(F)(F)F.Cl. The maximum absolute atomic E-state index is 12.9. The van der Waals surface area contributed by atoms with Gasteiger partial charge in [-0.05, 0) is 32.0 Å². The summed E-state index contributed by atoms with van der Waals surface area (Å²) in [5.74, 6) is -1.17. The number of hydrogen-bond acceptors (Lipinski definition) is 3. The summed E-state index contributed by atoms with van der Waals surface area (Å²) in [4.78, 5) is -1.03. The third kappa shape index (κ3) is 5.10. The minimum Gasteiger partial charge on any atom is -0.329 e. The zero-order valence-corrected chi connectivity index (χ0v) is 12.8. The number of rotatable bonds is 4. The van der Waals surface area contributed by atoms with Gasteiger partial charge in [0.1, 0.15) is 5.82 Å². The molecule has 0 bridgehead atoms. The Kier molecular flexibility index (Phi) is 6.19. The summed E-state index contributed by atoms with van der Waals surface area (Å²) in [7, 11) is -4.48. The van der Waals surface area contributed by atoms with Gasteiger partial charge < -0.3 is 5.73 Å². The van der Waals surface area contributed by atoms with E-state index in [0.717, 1.165) is 0 Å². The van der Waals surface area contributed by atoms with Crippen LogP contribution in [0.1, 0.15) is 19.4 Å². The van der Waals surface area contributed by atoms with Gasteiger partial charge in [-0.3, -0.25) is 0 Å². The molecule has 0 saturated heterocycles. The summed E-state index contributed by atoms with van der Waals surface area (Å²) < 4.78 is 77.4. The normalized spacial score (nSPS) is 12.9. The van der Waals surface area contributed by atoms with Gasteiger partial charge in [0, 0.05) is 12.1 Å². The first-order valence-corrected chi connectivity index (χ1v) is 6.98. The highest BCUT2D eigenvalue weighted by Gasteiger charge is 2.38. The van der Waals surface area contributed by atoms with E-state index in [9.17, 15) is 26.0 Å². The molecule has 1 rings (SSSR count). The number of benzene rings is 1. The van der Waals surface area contributed by atoms with Gasteiger partial charge in [0.05, 0.1) is 10.5 Å². The molecule has 4 nitrogen and oxygen atoms in total. The quantitative estimate of drug-likeness (QED) is 0.818. The van der Waals surface area contributed by atoms with Crippen LogP contribution in [-0.2, 0) is 16.2 Å². The Morgan fingerprint density at radius 2 is 1.76 bits per heavy atom. The second-order valence-electron chi connectivity index (χ2n) is 4.83. The Morgan fingerprint density at radius 1 is 1.24 bits per heavy atom. The van der Waals surface area contributed by atoms with Gasteiger partial charge in [0.25, 0.3) is 0 Å². The van der Waals surface area contributed by atoms with Gasteiger partial charge >= 0.3 is 6.18 Å². The highest BCUT2D eigenvalue weighted by Crippen LogP contribution is 2.34. The van der Waals surface area contributed by atoms with Crippen molar-refractivity contribution in [2.24, 2.45) is 5.73 Å². The molecule has 1 aromatic carbocycles. The molecule has 0 unspecified atom stereocenters. The van der Waals surface area contributed by atoms with E-state index in [0.29, 0.717) is 12.1 Å². The summed E-state index contributed by atoms with van der Waals surface area (Å²) in [6.07, 6.45) is -4.99. The van der Waals surface area contributed by atoms with E-state index in [4.69, 9.17) is 5.73 Å². The van der Waals surface area contributed by atoms with Crippen molar-refractivity contribution in [1.82, 2.24) is 4.72 Å². The predicted octanol–water partition coefficient (Wildman–Crippen LogP) is 2.28. The van der Waals surface area contributed by atoms with Gasteiger partial charge in [-0.1, -0.05) is 0 Å². The molecule has 1 aromatic rings. The van der Waals surface area contributed by atoms with E-state index in [2.05, 4.69) is 4.72 Å². The van der Waals surface area contributed by atoms with Gasteiger partial charge in [0.2, 0.25) is 10.0 Å². The van der Waals surface area contributed by atoms with Crippen molar-refractivity contribution in [1.29, 1.82) is 0 Å². The van der Waals surface area contributed by atoms with Crippen molar-refractivity contribution in [2.75, 3.05) is 6.54 Å². The summed E-state index contributed by atoms with van der Waals surface area (Å²) in [6.45, 7) is 2.72. The Bertz CT molecular complexity index is 603. The first-order valence-electron chi connectivity index (χ1n) is 5.50. The van der Waals surface area contributed by atoms with Crippen LogP contribution in [0.3, 0.4) is 0 Å². The molecule has 3 N–H and O–H groups in total. The lowest BCUT2D eigenvalue weighted by Crippen LogP contribution is -2.49. The van der Waals surface area contributed by atoms with E-state index < -0.39 is 38.0 Å². The Balaban J connectivity index is 0.00000400. The second kappa shape index (κ2) is 6.47. The van der Waals surface area contributed by atoms with Crippen LogP contribution in [-0.4, -0.2) is 20.5 Å². The highest BCUT2D eigenvalue weighted by atomic mass is 35.5. The van der Waals surface area contributed by atoms with Crippen molar-refractivity contribution in [3.63, 3.8) is 0 Å². The molecule has 0 fully saturated rings. The average molecular weight is 351 g/mol. The van der Waals surface area contributed by atoms with Crippen molar-refractivity contribution in [3.05, 3.63) is 29.6 Å². The molecule has 10 heteroatoms. The largest absolute Gasteiger partial charge is 0.417 e. The molecule has 0 saturated carbocycles. The fraction of sp³-hybridized carbons (Fsp3) is 0.455. The minimum atomic E-state index is -4.99. The lowest BCUT2D eigenvalue weighted by Gasteiger charge is -2.25. The standard InChI is InChI=1S/C11H14F4N2O2S.ClH/c1-10(2,6-16)17-20(18,19)9-4-3-7(12)5-8(9)11(13,14)15;/h3-5,17H,6,16H2,1-2H3;1H. The third-order valence-electron chi connectivity index (χ3n) is 2.46. The summed E-state index contributed by atoms with van der Waals surface area (Å²) in [5.41, 5.74) is 2.64. The molecule has 0 aliphatic rings. The number of nitrogens with two attached hydrogens (primary N) is 1. The first-order chi connectivity index (χ1) is 8.89. The first kappa shape index (κ1) is 20.1. The van der Waals surface area contributed by atoms with Crippen molar-refractivity contribution in [2.45, 2.75) is 30.5 Å². The lowest BCUT2D eigenvalue weighted by atomic mass is 10.1. The second-order valence-corrected chi connectivity index (χ2v) is 6.48. The van der Waals surface area contributed by atoms with Crippen LogP contribution in [0.25, 0.3) is 0 Å². The van der Waals surface area contributed by atoms with Crippen LogP contribution in [0, 0.1) is 5.82 Å². The number of nitrogens with one attached hydrogen (secondary N) is 1. The van der Waals surface area contributed by atoms with Crippen LogP contribution < -0.4 is 10.5 Å². The van der Waals surface area contributed by atoms with E-state index in [1.807, 2.05) is 0 Å². The van der Waals surface area contributed by atoms with Crippen LogP contribution >= 0.6 is 12.4 Å². The Labute approximate surface area is 126 Å². The van der Waals surface area contributed by atoms with Gasteiger partial charge in [-0.25, -0.2) is 17.5 Å². The number of alkyl halides is 3. The molecule has 0 atom stereocenters. The molecule has 0 heterocycles. The molecule has 0 aliphatic heterocycles. The van der Waals surface area contributed by atoms with Crippen LogP contribution in [0.2, 0.25) is 0 Å². The number of hydrogen-bond donors (Lipinski definition) is 2. The monoisotopic (exact) mass is 350 g/mol. The smallest absolute Gasteiger partial charge is 0.329 e. The van der Waals surface area contributed by atoms with Gasteiger partial charge in [-0.15, -0.1) is 12.4 Å². The van der Waals surface area contributed by atoms with E-state index in [1.165, 1.54) is 13.8 Å². The fourth-order valence-electron chi connectivity index (χ4n) is 1.42. The third-order valence-corrected chi connectivity index (χ3v) is 4.21. The zero-order chi connectivity index (χ0) is 15.8. The summed E-state index contributed by atoms with van der Waals surface area (Å²) in [5, 5.41) is 0. The molecule has 122 valence electrons. The Morgan fingerprint density at radius 3 is 2.19 bits per heavy atom. The Hall–Kier alpha value is -0.900. The van der Waals surface area contributed by atoms with E-state index in [1.54, 1.807) is 0 Å². The molecule has 0 aromatic heterocycles. The van der Waals surface area contributed by atoms with Crippen molar-refractivity contribution >= 4 is 22.4 Å². The summed E-state index contributed by atoms with van der Waals surface area (Å²) in [6, 6.07) is 1.37. The topological polar surface area (TPSA) is 72.2 Å².